The first-order chi connectivity index (χ1) is 13.4. The minimum absolute atomic E-state index is 0.0748. The smallest absolute Gasteiger partial charge is 0.348 e. The van der Waals surface area contributed by atoms with E-state index in [0.29, 0.717) is 11.8 Å². The van der Waals surface area contributed by atoms with Gasteiger partial charge in [0.05, 0.1) is 20.1 Å². The van der Waals surface area contributed by atoms with E-state index in [1.54, 1.807) is 0 Å². The third-order valence-corrected chi connectivity index (χ3v) is 7.69. The topological polar surface area (TPSA) is 105 Å². The first-order valence-corrected chi connectivity index (χ1v) is 10.5. The van der Waals surface area contributed by atoms with E-state index in [2.05, 4.69) is 0 Å². The number of ether oxygens (including phenoxy) is 3. The fourth-order valence-corrected chi connectivity index (χ4v) is 6.73. The van der Waals surface area contributed by atoms with Gasteiger partial charge in [-0.15, -0.1) is 11.3 Å². The molecule has 0 aromatic carbocycles. The normalized spacial score (nSPS) is 30.1. The average molecular weight is 407 g/mol. The zero-order valence-corrected chi connectivity index (χ0v) is 16.9. The largest absolute Gasteiger partial charge is 0.465 e. The van der Waals surface area contributed by atoms with Crippen LogP contribution in [0.3, 0.4) is 0 Å². The van der Waals surface area contributed by atoms with E-state index < -0.39 is 11.9 Å². The highest BCUT2D eigenvalue weighted by molar-refractivity contribution is 7.18. The third-order valence-electron chi connectivity index (χ3n) is 6.65. The number of carbonyl (C=O) groups excluding carboxylic acids is 3. The van der Waals surface area contributed by atoms with Crippen molar-refractivity contribution in [3.8, 4) is 0 Å². The van der Waals surface area contributed by atoms with E-state index in [1.807, 2.05) is 0 Å². The van der Waals surface area contributed by atoms with Crippen LogP contribution in [0.15, 0.2) is 0 Å². The van der Waals surface area contributed by atoms with Crippen molar-refractivity contribution in [1.82, 2.24) is 0 Å². The number of hydrogen-bond acceptors (Lipinski definition) is 8. The quantitative estimate of drug-likeness (QED) is 0.591. The molecule has 2 N–H and O–H groups in total. The van der Waals surface area contributed by atoms with Crippen molar-refractivity contribution < 1.29 is 28.6 Å². The lowest BCUT2D eigenvalue weighted by atomic mass is 9.52. The van der Waals surface area contributed by atoms with Crippen LogP contribution in [0.2, 0.25) is 0 Å². The Hall–Kier alpha value is -2.09. The van der Waals surface area contributed by atoms with Gasteiger partial charge in [0.15, 0.2) is 0 Å². The minimum Gasteiger partial charge on any atom is -0.465 e. The lowest BCUT2D eigenvalue weighted by Gasteiger charge is -2.53. The molecule has 0 radical (unpaired) electrons. The maximum Gasteiger partial charge on any atom is 0.348 e. The van der Waals surface area contributed by atoms with E-state index in [9.17, 15) is 14.4 Å². The van der Waals surface area contributed by atoms with Crippen molar-refractivity contribution in [2.75, 3.05) is 20.0 Å². The number of hydrogen-bond donors (Lipinski definition) is 1. The molecule has 1 aromatic heterocycles. The van der Waals surface area contributed by atoms with Crippen LogP contribution in [0.1, 0.15) is 57.7 Å². The third kappa shape index (κ3) is 3.17. The fourth-order valence-electron chi connectivity index (χ4n) is 5.76. The number of methoxy groups -OCH3 is 2. The summed E-state index contributed by atoms with van der Waals surface area (Å²) in [5, 5.41) is 0.146. The van der Waals surface area contributed by atoms with Crippen molar-refractivity contribution >= 4 is 34.2 Å². The fraction of sp³-hybridized carbons (Fsp3) is 0.650. The summed E-state index contributed by atoms with van der Waals surface area (Å²) in [6.07, 6.45) is 5.75. The van der Waals surface area contributed by atoms with Crippen LogP contribution in [-0.4, -0.2) is 32.1 Å². The summed E-state index contributed by atoms with van der Waals surface area (Å²) in [6, 6.07) is 0. The second kappa shape index (κ2) is 7.39. The van der Waals surface area contributed by atoms with E-state index >= 15 is 0 Å². The van der Waals surface area contributed by atoms with Crippen molar-refractivity contribution in [3.63, 3.8) is 0 Å². The molecule has 0 unspecified atom stereocenters. The SMILES string of the molecule is COC(=O)c1sc(N)c(C(=O)OC)c1COC(=O)C1C2CC3CC(C2)CC1C3. The summed E-state index contributed by atoms with van der Waals surface area (Å²) >= 11 is 0.939. The molecule has 4 fully saturated rings. The molecule has 1 aromatic rings. The molecular weight excluding hydrogens is 382 g/mol. The lowest BCUT2D eigenvalue weighted by Crippen LogP contribution is -2.48. The second-order valence-electron chi connectivity index (χ2n) is 8.20. The highest BCUT2D eigenvalue weighted by Crippen LogP contribution is 2.56. The predicted molar refractivity (Wildman–Crippen MR) is 102 cm³/mol. The molecular formula is C20H25NO6S. The first-order valence-electron chi connectivity index (χ1n) is 9.67. The molecule has 0 saturated heterocycles. The summed E-state index contributed by atoms with van der Waals surface area (Å²) in [7, 11) is 2.49. The molecule has 0 aliphatic heterocycles. The van der Waals surface area contributed by atoms with E-state index in [4.69, 9.17) is 19.9 Å². The molecule has 4 saturated carbocycles. The van der Waals surface area contributed by atoms with E-state index in [1.165, 1.54) is 20.6 Å². The molecule has 1 heterocycles. The summed E-state index contributed by atoms with van der Waals surface area (Å²) in [6.45, 7) is -0.190. The van der Waals surface area contributed by atoms with Crippen molar-refractivity contribution in [1.29, 1.82) is 0 Å². The van der Waals surface area contributed by atoms with Crippen LogP contribution in [0.25, 0.3) is 0 Å². The van der Waals surface area contributed by atoms with Gasteiger partial charge in [-0.25, -0.2) is 9.59 Å². The highest BCUT2D eigenvalue weighted by atomic mass is 32.1. The Labute approximate surface area is 167 Å². The van der Waals surface area contributed by atoms with Gasteiger partial charge in [-0.2, -0.15) is 0 Å². The molecule has 0 amide bonds. The molecule has 4 aliphatic rings. The monoisotopic (exact) mass is 407 g/mol. The Kier molecular flexibility index (Phi) is 5.07. The van der Waals surface area contributed by atoms with Gasteiger partial charge in [-0.3, -0.25) is 4.79 Å². The molecule has 5 rings (SSSR count). The zero-order chi connectivity index (χ0) is 20.0. The number of rotatable bonds is 5. The van der Waals surface area contributed by atoms with Gasteiger partial charge < -0.3 is 19.9 Å². The number of carbonyl (C=O) groups is 3. The summed E-state index contributed by atoms with van der Waals surface area (Å²) in [4.78, 5) is 37.3. The Morgan fingerprint density at radius 1 is 0.964 bits per heavy atom. The minimum atomic E-state index is -0.662. The van der Waals surface area contributed by atoms with Gasteiger partial charge in [0.2, 0.25) is 0 Å². The Balaban J connectivity index is 1.53. The number of nitrogen functional groups attached to an aromatic ring is 1. The summed E-state index contributed by atoms with van der Waals surface area (Å²) < 4.78 is 15.2. The molecule has 152 valence electrons. The van der Waals surface area contributed by atoms with Crippen LogP contribution in [0.4, 0.5) is 5.00 Å². The summed E-state index contributed by atoms with van der Waals surface area (Å²) in [5.74, 6) is 0.738. The van der Waals surface area contributed by atoms with Gasteiger partial charge >= 0.3 is 17.9 Å². The van der Waals surface area contributed by atoms with Crippen LogP contribution in [0.5, 0.6) is 0 Å². The number of esters is 3. The van der Waals surface area contributed by atoms with Crippen molar-refractivity contribution in [2.45, 2.75) is 38.7 Å². The lowest BCUT2D eigenvalue weighted by molar-refractivity contribution is -0.163. The maximum atomic E-state index is 12.9. The molecule has 0 atom stereocenters. The van der Waals surface area contributed by atoms with Crippen LogP contribution in [0, 0.1) is 29.6 Å². The Bertz CT molecular complexity index is 788. The molecule has 4 bridgehead atoms. The Morgan fingerprint density at radius 3 is 2.07 bits per heavy atom. The van der Waals surface area contributed by atoms with Gasteiger partial charge in [-0.1, -0.05) is 0 Å². The van der Waals surface area contributed by atoms with E-state index in [0.717, 1.165) is 48.9 Å². The van der Waals surface area contributed by atoms with Crippen molar-refractivity contribution in [3.05, 3.63) is 16.0 Å². The molecule has 28 heavy (non-hydrogen) atoms. The van der Waals surface area contributed by atoms with Gasteiger partial charge in [0, 0.05) is 5.56 Å². The summed E-state index contributed by atoms with van der Waals surface area (Å²) in [5.41, 5.74) is 6.26. The zero-order valence-electron chi connectivity index (χ0n) is 16.1. The maximum absolute atomic E-state index is 12.9. The highest BCUT2D eigenvalue weighted by Gasteiger charge is 2.51. The van der Waals surface area contributed by atoms with Crippen molar-refractivity contribution in [2.24, 2.45) is 29.6 Å². The molecule has 8 heteroatoms. The number of thiophene rings is 1. The average Bonchev–Trinajstić information content (AvgIpc) is 3.00. The number of anilines is 1. The molecule has 4 aliphatic carbocycles. The van der Waals surface area contributed by atoms with Gasteiger partial charge in [0.25, 0.3) is 0 Å². The second-order valence-corrected chi connectivity index (χ2v) is 9.25. The Morgan fingerprint density at radius 2 is 1.54 bits per heavy atom. The predicted octanol–water partition coefficient (Wildman–Crippen LogP) is 3.02. The standard InChI is InChI=1S/C20H25NO6S/c1-25-18(22)15-13(16(20(24)26-2)28-17(15)21)8-27-19(23)14-11-4-9-3-10(6-11)7-12(14)5-9/h9-12,14H,3-8,21H2,1-2H3. The van der Waals surface area contributed by atoms with Gasteiger partial charge in [-0.05, 0) is 55.8 Å². The molecule has 7 nitrogen and oxygen atoms in total. The van der Waals surface area contributed by atoms with Gasteiger partial charge in [0.1, 0.15) is 22.0 Å². The van der Waals surface area contributed by atoms with Crippen LogP contribution < -0.4 is 5.73 Å². The van der Waals surface area contributed by atoms with Crippen LogP contribution >= 0.6 is 11.3 Å². The number of nitrogens with two attached hydrogens (primary N) is 1. The molecule has 0 spiro atoms. The van der Waals surface area contributed by atoms with Crippen LogP contribution in [-0.2, 0) is 25.6 Å². The first kappa shape index (κ1) is 19.2. The van der Waals surface area contributed by atoms with E-state index in [-0.39, 0.29) is 39.5 Å².